The van der Waals surface area contributed by atoms with Crippen LogP contribution in [0.3, 0.4) is 0 Å². The smallest absolute Gasteiger partial charge is 0.238 e. The number of nitrogens with zero attached hydrogens (tertiary/aromatic N) is 3. The van der Waals surface area contributed by atoms with Crippen molar-refractivity contribution in [1.82, 2.24) is 14.1 Å². The third-order valence-corrected chi connectivity index (χ3v) is 5.79. The fourth-order valence-corrected chi connectivity index (χ4v) is 4.29. The van der Waals surface area contributed by atoms with E-state index in [1.807, 2.05) is 0 Å². The van der Waals surface area contributed by atoms with Gasteiger partial charge in [0.15, 0.2) is 0 Å². The summed E-state index contributed by atoms with van der Waals surface area (Å²) >= 11 is 0. The Labute approximate surface area is 132 Å². The van der Waals surface area contributed by atoms with E-state index < -0.39 is 10.0 Å². The lowest BCUT2D eigenvalue weighted by molar-refractivity contribution is -0.135. The molecular weight excluding hydrogens is 306 g/mol. The van der Waals surface area contributed by atoms with Crippen LogP contribution in [0.4, 0.5) is 0 Å². The molecule has 0 atom stereocenters. The summed E-state index contributed by atoms with van der Waals surface area (Å²) in [5.74, 6) is -0.165. The van der Waals surface area contributed by atoms with Crippen molar-refractivity contribution in [2.45, 2.75) is 38.1 Å². The van der Waals surface area contributed by atoms with Gasteiger partial charge in [-0.2, -0.15) is 4.31 Å². The number of sulfonamides is 1. The number of hydrogen-bond donors (Lipinski definition) is 0. The van der Waals surface area contributed by atoms with Gasteiger partial charge in [0.2, 0.25) is 22.3 Å². The van der Waals surface area contributed by atoms with Crippen LogP contribution < -0.4 is 0 Å². The maximum Gasteiger partial charge on any atom is 0.238 e. The van der Waals surface area contributed by atoms with Gasteiger partial charge >= 0.3 is 0 Å². The van der Waals surface area contributed by atoms with E-state index in [1.54, 1.807) is 9.80 Å². The van der Waals surface area contributed by atoms with E-state index in [2.05, 4.69) is 0 Å². The lowest BCUT2D eigenvalue weighted by Crippen LogP contribution is -2.53. The second-order valence-electron chi connectivity index (χ2n) is 6.12. The van der Waals surface area contributed by atoms with Crippen LogP contribution in [0.15, 0.2) is 0 Å². The molecule has 0 N–H and O–H groups in total. The van der Waals surface area contributed by atoms with Gasteiger partial charge in [-0.25, -0.2) is 8.42 Å². The molecule has 2 aliphatic rings. The summed E-state index contributed by atoms with van der Waals surface area (Å²) in [6.45, 7) is 1.89. The summed E-state index contributed by atoms with van der Waals surface area (Å²) in [5, 5.41) is 0. The number of carbonyl (C=O) groups is 2. The van der Waals surface area contributed by atoms with Gasteiger partial charge in [-0.15, -0.1) is 0 Å². The zero-order valence-corrected chi connectivity index (χ0v) is 13.9. The maximum absolute atomic E-state index is 12.4. The van der Waals surface area contributed by atoms with Crippen LogP contribution in [0, 0.1) is 0 Å². The molecule has 1 saturated heterocycles. The highest BCUT2D eigenvalue weighted by atomic mass is 32.2. The van der Waals surface area contributed by atoms with E-state index in [0.29, 0.717) is 26.2 Å². The minimum atomic E-state index is -3.39. The highest BCUT2D eigenvalue weighted by Gasteiger charge is 2.31. The van der Waals surface area contributed by atoms with Gasteiger partial charge in [0.25, 0.3) is 0 Å². The highest BCUT2D eigenvalue weighted by molar-refractivity contribution is 7.88. The molecular formula is C14H25N3O4S. The number of carbonyl (C=O) groups excluding carboxylic acids is 2. The van der Waals surface area contributed by atoms with Gasteiger partial charge in [-0.05, 0) is 12.8 Å². The van der Waals surface area contributed by atoms with E-state index >= 15 is 0 Å². The largest absolute Gasteiger partial charge is 0.342 e. The summed E-state index contributed by atoms with van der Waals surface area (Å²) in [4.78, 5) is 26.4. The second-order valence-corrected chi connectivity index (χ2v) is 8.06. The molecule has 1 heterocycles. The van der Waals surface area contributed by atoms with E-state index in [0.717, 1.165) is 38.5 Å². The van der Waals surface area contributed by atoms with Gasteiger partial charge in [-0.1, -0.05) is 19.3 Å². The Morgan fingerprint density at radius 1 is 1.14 bits per heavy atom. The molecule has 2 rings (SSSR count). The monoisotopic (exact) mass is 331 g/mol. The van der Waals surface area contributed by atoms with Gasteiger partial charge in [-0.3, -0.25) is 9.59 Å². The number of hydrogen-bond acceptors (Lipinski definition) is 4. The van der Waals surface area contributed by atoms with Crippen molar-refractivity contribution in [2.24, 2.45) is 0 Å². The van der Waals surface area contributed by atoms with Crippen molar-refractivity contribution in [3.8, 4) is 0 Å². The third kappa shape index (κ3) is 4.42. The summed E-state index contributed by atoms with van der Waals surface area (Å²) < 4.78 is 25.5. The van der Waals surface area contributed by atoms with Gasteiger partial charge in [0.1, 0.15) is 0 Å². The van der Waals surface area contributed by atoms with Crippen LogP contribution in [0.25, 0.3) is 0 Å². The Kier molecular flexibility index (Phi) is 5.80. The molecule has 8 heteroatoms. The zero-order valence-electron chi connectivity index (χ0n) is 13.1. The van der Waals surface area contributed by atoms with E-state index in [9.17, 15) is 18.0 Å². The summed E-state index contributed by atoms with van der Waals surface area (Å²) in [7, 11) is -3.39. The van der Waals surface area contributed by atoms with Gasteiger partial charge in [0, 0.05) is 32.2 Å². The van der Waals surface area contributed by atoms with E-state index in [1.165, 1.54) is 10.6 Å². The van der Waals surface area contributed by atoms with Crippen LogP contribution in [-0.2, 0) is 19.6 Å². The molecule has 0 aromatic carbocycles. The molecule has 2 amide bonds. The van der Waals surface area contributed by atoms with Crippen molar-refractivity contribution in [2.75, 3.05) is 39.0 Å². The summed E-state index contributed by atoms with van der Waals surface area (Å²) in [6, 6.07) is -0.0519. The molecule has 7 nitrogen and oxygen atoms in total. The van der Waals surface area contributed by atoms with Crippen molar-refractivity contribution in [1.29, 1.82) is 0 Å². The Balaban J connectivity index is 1.98. The van der Waals surface area contributed by atoms with Crippen molar-refractivity contribution < 1.29 is 18.0 Å². The Morgan fingerprint density at radius 3 is 2.23 bits per heavy atom. The predicted octanol–water partition coefficient (Wildman–Crippen LogP) is -0.119. The quantitative estimate of drug-likeness (QED) is 0.658. The van der Waals surface area contributed by atoms with Crippen molar-refractivity contribution in [3.05, 3.63) is 0 Å². The zero-order chi connectivity index (χ0) is 16.2. The molecule has 1 aliphatic heterocycles. The van der Waals surface area contributed by atoms with Crippen LogP contribution in [0.1, 0.15) is 32.1 Å². The number of piperazine rings is 1. The molecule has 1 aliphatic carbocycles. The van der Waals surface area contributed by atoms with E-state index in [-0.39, 0.29) is 18.5 Å². The molecule has 2 fully saturated rings. The molecule has 0 spiro atoms. The number of amides is 2. The molecule has 0 aromatic heterocycles. The van der Waals surface area contributed by atoms with Crippen LogP contribution in [0.5, 0.6) is 0 Å². The minimum Gasteiger partial charge on any atom is -0.342 e. The molecule has 22 heavy (non-hydrogen) atoms. The van der Waals surface area contributed by atoms with Crippen LogP contribution in [-0.4, -0.2) is 79.9 Å². The van der Waals surface area contributed by atoms with Crippen LogP contribution in [0.2, 0.25) is 0 Å². The van der Waals surface area contributed by atoms with Crippen molar-refractivity contribution in [3.63, 3.8) is 0 Å². The second kappa shape index (κ2) is 7.41. The van der Waals surface area contributed by atoms with Gasteiger partial charge in [0.05, 0.1) is 12.8 Å². The lowest BCUT2D eigenvalue weighted by atomic mass is 9.95. The Bertz CT molecular complexity index is 494. The summed E-state index contributed by atoms with van der Waals surface area (Å²) in [5.41, 5.74) is 0. The first kappa shape index (κ1) is 17.2. The summed E-state index contributed by atoms with van der Waals surface area (Å²) in [6.07, 6.45) is 6.80. The Morgan fingerprint density at radius 2 is 1.73 bits per heavy atom. The SMILES string of the molecule is CS(=O)(=O)N(CC(=O)N1CCN(C=O)CC1)C1CCCCC1. The fraction of sp³-hybridized carbons (Fsp3) is 0.857. The normalized spacial score (nSPS) is 21.2. The maximum atomic E-state index is 12.4. The minimum absolute atomic E-state index is 0.0519. The first-order valence-corrected chi connectivity index (χ1v) is 9.70. The molecule has 0 aromatic rings. The predicted molar refractivity (Wildman–Crippen MR) is 82.6 cm³/mol. The molecule has 0 radical (unpaired) electrons. The molecule has 0 bridgehead atoms. The lowest BCUT2D eigenvalue weighted by Gasteiger charge is -2.36. The topological polar surface area (TPSA) is 78.0 Å². The van der Waals surface area contributed by atoms with Crippen molar-refractivity contribution >= 4 is 22.3 Å². The Hall–Kier alpha value is -1.15. The average Bonchev–Trinajstić information content (AvgIpc) is 2.52. The van der Waals surface area contributed by atoms with Crippen LogP contribution >= 0.6 is 0 Å². The standard InChI is InChI=1S/C14H25N3O4S/c1-22(20,21)17(13-5-3-2-4-6-13)11-14(19)16-9-7-15(12-18)8-10-16/h12-13H,2-11H2,1H3. The first-order chi connectivity index (χ1) is 10.4. The highest BCUT2D eigenvalue weighted by Crippen LogP contribution is 2.24. The third-order valence-electron chi connectivity index (χ3n) is 4.52. The fourth-order valence-electron chi connectivity index (χ4n) is 3.20. The number of rotatable bonds is 5. The molecule has 1 saturated carbocycles. The van der Waals surface area contributed by atoms with E-state index in [4.69, 9.17) is 0 Å². The average molecular weight is 331 g/mol. The molecule has 0 unspecified atom stereocenters. The molecule has 126 valence electrons. The van der Waals surface area contributed by atoms with Gasteiger partial charge < -0.3 is 9.80 Å². The first-order valence-electron chi connectivity index (χ1n) is 7.86.